The lowest BCUT2D eigenvalue weighted by atomic mass is 9.71. The Bertz CT molecular complexity index is 444. The molecule has 3 rings (SSSR count). The van der Waals surface area contributed by atoms with Gasteiger partial charge in [-0.15, -0.1) is 0 Å². The first kappa shape index (κ1) is 19.2. The van der Waals surface area contributed by atoms with Gasteiger partial charge in [0.15, 0.2) is 0 Å². The lowest BCUT2D eigenvalue weighted by Gasteiger charge is -2.47. The van der Waals surface area contributed by atoms with Crippen molar-refractivity contribution in [1.29, 1.82) is 0 Å². The van der Waals surface area contributed by atoms with Gasteiger partial charge in [0.05, 0.1) is 5.92 Å². The van der Waals surface area contributed by atoms with Crippen molar-refractivity contribution in [3.05, 3.63) is 0 Å². The lowest BCUT2D eigenvalue weighted by molar-refractivity contribution is -0.138. The van der Waals surface area contributed by atoms with Crippen LogP contribution in [0.3, 0.4) is 0 Å². The normalized spacial score (nSPS) is 28.4. The average molecular weight is 350 g/mol. The molecule has 0 saturated carbocycles. The van der Waals surface area contributed by atoms with Gasteiger partial charge in [0.1, 0.15) is 0 Å². The molecule has 3 fully saturated rings. The summed E-state index contributed by atoms with van der Waals surface area (Å²) in [6, 6.07) is 0.568. The van der Waals surface area contributed by atoms with Gasteiger partial charge in [-0.2, -0.15) is 0 Å². The highest BCUT2D eigenvalue weighted by atomic mass is 16.2. The zero-order valence-corrected chi connectivity index (χ0v) is 17.0. The van der Waals surface area contributed by atoms with Crippen LogP contribution >= 0.6 is 0 Å². The minimum absolute atomic E-state index is 0.254. The summed E-state index contributed by atoms with van der Waals surface area (Å²) in [5, 5.41) is 0. The van der Waals surface area contributed by atoms with Crippen LogP contribution in [0.15, 0.2) is 0 Å². The molecule has 0 radical (unpaired) electrons. The van der Waals surface area contributed by atoms with E-state index < -0.39 is 0 Å². The third-order valence-corrected chi connectivity index (χ3v) is 6.98. The highest BCUT2D eigenvalue weighted by Gasteiger charge is 2.40. The maximum absolute atomic E-state index is 12.9. The summed E-state index contributed by atoms with van der Waals surface area (Å²) in [4.78, 5) is 20.2. The van der Waals surface area contributed by atoms with Gasteiger partial charge < -0.3 is 14.7 Å². The Balaban J connectivity index is 1.45. The van der Waals surface area contributed by atoms with Gasteiger partial charge in [-0.3, -0.25) is 4.79 Å². The Morgan fingerprint density at radius 1 is 0.960 bits per heavy atom. The molecule has 0 aromatic rings. The summed E-state index contributed by atoms with van der Waals surface area (Å²) in [5.74, 6) is 1.46. The molecular formula is C21H39N3O. The van der Waals surface area contributed by atoms with Gasteiger partial charge in [0, 0.05) is 32.2 Å². The van der Waals surface area contributed by atoms with Crippen molar-refractivity contribution in [1.82, 2.24) is 14.7 Å². The second-order valence-corrected chi connectivity index (χ2v) is 9.59. The van der Waals surface area contributed by atoms with Crippen LogP contribution in [0.25, 0.3) is 0 Å². The van der Waals surface area contributed by atoms with Crippen LogP contribution in [-0.4, -0.2) is 72.5 Å². The van der Waals surface area contributed by atoms with E-state index in [4.69, 9.17) is 0 Å². The van der Waals surface area contributed by atoms with Crippen LogP contribution in [0.5, 0.6) is 0 Å². The van der Waals surface area contributed by atoms with E-state index in [9.17, 15) is 4.79 Å². The standard InChI is InChI=1S/C21H39N3O/c1-17(2)15-22-11-6-21(7-12-22)8-13-23(14-9-21)20(25)19-5-10-24(16-19)18(3)4/h17-19H,5-16H2,1-4H3/t19-/m0/s1. The smallest absolute Gasteiger partial charge is 0.227 e. The molecule has 1 spiro atoms. The van der Waals surface area contributed by atoms with Crippen molar-refractivity contribution in [2.24, 2.45) is 17.3 Å². The van der Waals surface area contributed by atoms with E-state index in [1.54, 1.807) is 0 Å². The minimum Gasteiger partial charge on any atom is -0.342 e. The summed E-state index contributed by atoms with van der Waals surface area (Å²) in [7, 11) is 0. The quantitative estimate of drug-likeness (QED) is 0.780. The maximum Gasteiger partial charge on any atom is 0.227 e. The van der Waals surface area contributed by atoms with Crippen LogP contribution in [0, 0.1) is 17.3 Å². The molecule has 1 atom stereocenters. The Kier molecular flexibility index (Phi) is 6.10. The van der Waals surface area contributed by atoms with E-state index in [1.807, 2.05) is 0 Å². The number of hydrogen-bond acceptors (Lipinski definition) is 3. The van der Waals surface area contributed by atoms with Crippen molar-refractivity contribution < 1.29 is 4.79 Å². The molecule has 0 aromatic heterocycles. The molecule has 0 aromatic carbocycles. The number of piperidine rings is 2. The molecular weight excluding hydrogens is 310 g/mol. The predicted molar refractivity (Wildman–Crippen MR) is 104 cm³/mol. The number of rotatable bonds is 4. The van der Waals surface area contributed by atoms with Crippen LogP contribution in [0.2, 0.25) is 0 Å². The van der Waals surface area contributed by atoms with E-state index in [2.05, 4.69) is 42.4 Å². The first-order valence-electron chi connectivity index (χ1n) is 10.6. The van der Waals surface area contributed by atoms with Gasteiger partial charge in [-0.05, 0) is 76.9 Å². The van der Waals surface area contributed by atoms with Crippen molar-refractivity contribution in [2.75, 3.05) is 45.8 Å². The van der Waals surface area contributed by atoms with Gasteiger partial charge in [0.25, 0.3) is 0 Å². The van der Waals surface area contributed by atoms with E-state index in [-0.39, 0.29) is 5.92 Å². The van der Waals surface area contributed by atoms with Gasteiger partial charge >= 0.3 is 0 Å². The van der Waals surface area contributed by atoms with Crippen LogP contribution in [0.1, 0.15) is 59.8 Å². The summed E-state index contributed by atoms with van der Waals surface area (Å²) in [5.41, 5.74) is 0.532. The summed E-state index contributed by atoms with van der Waals surface area (Å²) in [6.45, 7) is 17.0. The van der Waals surface area contributed by atoms with Gasteiger partial charge in [-0.1, -0.05) is 13.8 Å². The monoisotopic (exact) mass is 349 g/mol. The van der Waals surface area contributed by atoms with E-state index in [1.165, 1.54) is 45.3 Å². The fourth-order valence-electron chi connectivity index (χ4n) is 5.14. The molecule has 0 aliphatic carbocycles. The minimum atomic E-state index is 0.254. The molecule has 1 amide bonds. The second kappa shape index (κ2) is 7.96. The Morgan fingerprint density at radius 3 is 2.08 bits per heavy atom. The molecule has 3 saturated heterocycles. The number of amides is 1. The molecule has 3 aliphatic heterocycles. The average Bonchev–Trinajstić information content (AvgIpc) is 3.07. The zero-order valence-electron chi connectivity index (χ0n) is 17.0. The molecule has 4 heteroatoms. The van der Waals surface area contributed by atoms with Crippen molar-refractivity contribution in [3.63, 3.8) is 0 Å². The Morgan fingerprint density at radius 2 is 1.56 bits per heavy atom. The first-order chi connectivity index (χ1) is 11.9. The molecule has 3 aliphatic rings. The third-order valence-electron chi connectivity index (χ3n) is 6.98. The molecule has 3 heterocycles. The molecule has 0 unspecified atom stereocenters. The number of carbonyl (C=O) groups excluding carboxylic acids is 1. The highest BCUT2D eigenvalue weighted by Crippen LogP contribution is 2.41. The fraction of sp³-hybridized carbons (Fsp3) is 0.952. The van der Waals surface area contributed by atoms with Crippen molar-refractivity contribution in [3.8, 4) is 0 Å². The van der Waals surface area contributed by atoms with E-state index in [0.29, 0.717) is 17.4 Å². The van der Waals surface area contributed by atoms with Crippen molar-refractivity contribution in [2.45, 2.75) is 65.8 Å². The van der Waals surface area contributed by atoms with Crippen LogP contribution in [-0.2, 0) is 4.79 Å². The Labute approximate surface area is 154 Å². The number of nitrogens with zero attached hydrogens (tertiary/aromatic N) is 3. The van der Waals surface area contributed by atoms with Gasteiger partial charge in [0.2, 0.25) is 5.91 Å². The fourth-order valence-corrected chi connectivity index (χ4v) is 5.14. The zero-order chi connectivity index (χ0) is 18.0. The Hall–Kier alpha value is -0.610. The first-order valence-corrected chi connectivity index (χ1v) is 10.6. The lowest BCUT2D eigenvalue weighted by Crippen LogP contribution is -2.50. The summed E-state index contributed by atoms with van der Waals surface area (Å²) >= 11 is 0. The molecule has 0 N–H and O–H groups in total. The molecule has 0 bridgehead atoms. The van der Waals surface area contributed by atoms with E-state index in [0.717, 1.165) is 38.5 Å². The van der Waals surface area contributed by atoms with Crippen LogP contribution in [0.4, 0.5) is 0 Å². The summed E-state index contributed by atoms with van der Waals surface area (Å²) in [6.07, 6.45) is 6.20. The number of likely N-dealkylation sites (tertiary alicyclic amines) is 3. The second-order valence-electron chi connectivity index (χ2n) is 9.59. The molecule has 144 valence electrons. The number of hydrogen-bond donors (Lipinski definition) is 0. The molecule has 4 nitrogen and oxygen atoms in total. The topological polar surface area (TPSA) is 26.8 Å². The SMILES string of the molecule is CC(C)CN1CCC2(CC1)CCN(C(=O)[C@H]1CCN(C(C)C)C1)CC2. The summed E-state index contributed by atoms with van der Waals surface area (Å²) < 4.78 is 0. The van der Waals surface area contributed by atoms with Gasteiger partial charge in [-0.25, -0.2) is 0 Å². The predicted octanol–water partition coefficient (Wildman–Crippen LogP) is 3.08. The van der Waals surface area contributed by atoms with Crippen LogP contribution < -0.4 is 0 Å². The third kappa shape index (κ3) is 4.57. The highest BCUT2D eigenvalue weighted by molar-refractivity contribution is 5.79. The van der Waals surface area contributed by atoms with Crippen molar-refractivity contribution >= 4 is 5.91 Å². The maximum atomic E-state index is 12.9. The largest absolute Gasteiger partial charge is 0.342 e. The van der Waals surface area contributed by atoms with E-state index >= 15 is 0 Å². The molecule has 25 heavy (non-hydrogen) atoms. The number of carbonyl (C=O) groups is 1.